The van der Waals surface area contributed by atoms with E-state index in [9.17, 15) is 4.79 Å². The zero-order valence-corrected chi connectivity index (χ0v) is 10.7. The first-order valence-electron chi connectivity index (χ1n) is 6.16. The number of methoxy groups -OCH3 is 1. The van der Waals surface area contributed by atoms with Crippen molar-refractivity contribution < 1.29 is 9.53 Å². The molecule has 0 aromatic carbocycles. The van der Waals surface area contributed by atoms with Gasteiger partial charge in [-0.1, -0.05) is 6.42 Å². The molecule has 0 bridgehead atoms. The monoisotopic (exact) mass is 228 g/mol. The van der Waals surface area contributed by atoms with Crippen LogP contribution in [0.3, 0.4) is 0 Å². The minimum absolute atomic E-state index is 0.0950. The van der Waals surface area contributed by atoms with Crippen LogP contribution in [0.1, 0.15) is 33.1 Å². The molecule has 0 radical (unpaired) electrons. The molecule has 0 aliphatic carbocycles. The zero-order valence-electron chi connectivity index (χ0n) is 10.7. The molecule has 4 heteroatoms. The number of carbonyl (C=O) groups is 1. The third-order valence-electron chi connectivity index (χ3n) is 3.11. The van der Waals surface area contributed by atoms with E-state index in [1.54, 1.807) is 7.11 Å². The number of ether oxygens (including phenoxy) is 1. The van der Waals surface area contributed by atoms with Crippen LogP contribution in [0.5, 0.6) is 0 Å². The van der Waals surface area contributed by atoms with Gasteiger partial charge in [0.25, 0.3) is 0 Å². The molecule has 1 aliphatic heterocycles. The van der Waals surface area contributed by atoms with Crippen molar-refractivity contribution in [3.8, 4) is 0 Å². The molecule has 94 valence electrons. The fourth-order valence-corrected chi connectivity index (χ4v) is 2.19. The molecular formula is C12H24N2O2. The lowest BCUT2D eigenvalue weighted by Gasteiger charge is -2.32. The summed E-state index contributed by atoms with van der Waals surface area (Å²) in [6.45, 7) is 6.30. The van der Waals surface area contributed by atoms with E-state index in [2.05, 4.69) is 17.1 Å². The molecule has 1 heterocycles. The fraction of sp³-hybridized carbons (Fsp3) is 0.917. The van der Waals surface area contributed by atoms with Gasteiger partial charge in [-0.2, -0.15) is 0 Å². The number of nitrogens with one attached hydrogen (secondary N) is 1. The normalized spacial score (nSPS) is 24.1. The van der Waals surface area contributed by atoms with Gasteiger partial charge in [0.1, 0.15) is 0 Å². The first kappa shape index (κ1) is 13.5. The number of likely N-dealkylation sites (tertiary alicyclic amines) is 1. The number of amides is 1. The predicted octanol–water partition coefficient (Wildman–Crippen LogP) is 1.01. The van der Waals surface area contributed by atoms with Crippen molar-refractivity contribution in [1.29, 1.82) is 0 Å². The van der Waals surface area contributed by atoms with E-state index in [4.69, 9.17) is 4.74 Å². The molecule has 1 fully saturated rings. The highest BCUT2D eigenvalue weighted by Crippen LogP contribution is 2.15. The average Bonchev–Trinajstić information content (AvgIpc) is 2.21. The Labute approximate surface area is 98.3 Å². The maximum Gasteiger partial charge on any atom is 0.234 e. The van der Waals surface area contributed by atoms with Gasteiger partial charge in [-0.15, -0.1) is 0 Å². The van der Waals surface area contributed by atoms with Crippen LogP contribution >= 0.6 is 0 Å². The fourth-order valence-electron chi connectivity index (χ4n) is 2.19. The van der Waals surface area contributed by atoms with Gasteiger partial charge in [0.05, 0.1) is 13.2 Å². The highest BCUT2D eigenvalue weighted by atomic mass is 16.5. The van der Waals surface area contributed by atoms with Crippen molar-refractivity contribution in [2.45, 2.75) is 45.2 Å². The molecule has 0 aromatic heterocycles. The predicted molar refractivity (Wildman–Crippen MR) is 64.4 cm³/mol. The molecule has 16 heavy (non-hydrogen) atoms. The van der Waals surface area contributed by atoms with Crippen LogP contribution in [0.4, 0.5) is 0 Å². The molecule has 1 aliphatic rings. The molecule has 1 amide bonds. The largest absolute Gasteiger partial charge is 0.383 e. The molecule has 1 rings (SSSR count). The Hall–Kier alpha value is -0.610. The number of piperidine rings is 1. The Kier molecular flexibility index (Phi) is 5.77. The standard InChI is InChI=1S/C12H24N2O2/c1-10(9-16-3)13-12(15)8-14-7-5-4-6-11(14)2/h10-11H,4-9H2,1-3H3,(H,13,15)/t10-,11-/m0/s1. The SMILES string of the molecule is COC[C@H](C)NC(=O)CN1CCCC[C@@H]1C. The highest BCUT2D eigenvalue weighted by molar-refractivity contribution is 5.78. The number of hydrogen-bond acceptors (Lipinski definition) is 3. The molecule has 2 atom stereocenters. The molecule has 1 N–H and O–H groups in total. The Morgan fingerprint density at radius 3 is 2.94 bits per heavy atom. The van der Waals surface area contributed by atoms with Gasteiger partial charge in [-0.3, -0.25) is 9.69 Å². The van der Waals surface area contributed by atoms with E-state index >= 15 is 0 Å². The van der Waals surface area contributed by atoms with Crippen molar-refractivity contribution in [1.82, 2.24) is 10.2 Å². The molecule has 1 saturated heterocycles. The third-order valence-corrected chi connectivity index (χ3v) is 3.11. The van der Waals surface area contributed by atoms with E-state index in [-0.39, 0.29) is 11.9 Å². The maximum atomic E-state index is 11.7. The zero-order chi connectivity index (χ0) is 12.0. The molecule has 0 unspecified atom stereocenters. The van der Waals surface area contributed by atoms with Gasteiger partial charge in [0.2, 0.25) is 5.91 Å². The lowest BCUT2D eigenvalue weighted by molar-refractivity contribution is -0.124. The van der Waals surface area contributed by atoms with Crippen molar-refractivity contribution >= 4 is 5.91 Å². The van der Waals surface area contributed by atoms with Gasteiger partial charge in [-0.25, -0.2) is 0 Å². The summed E-state index contributed by atoms with van der Waals surface area (Å²) >= 11 is 0. The minimum Gasteiger partial charge on any atom is -0.383 e. The average molecular weight is 228 g/mol. The van der Waals surface area contributed by atoms with Crippen molar-refractivity contribution in [2.24, 2.45) is 0 Å². The smallest absolute Gasteiger partial charge is 0.234 e. The first-order valence-corrected chi connectivity index (χ1v) is 6.16. The van der Waals surface area contributed by atoms with Gasteiger partial charge < -0.3 is 10.1 Å². The van der Waals surface area contributed by atoms with Gasteiger partial charge in [0, 0.05) is 19.2 Å². The highest BCUT2D eigenvalue weighted by Gasteiger charge is 2.20. The van der Waals surface area contributed by atoms with Crippen LogP contribution in [-0.2, 0) is 9.53 Å². The van der Waals surface area contributed by atoms with Crippen LogP contribution in [0.25, 0.3) is 0 Å². The molecule has 4 nitrogen and oxygen atoms in total. The second-order valence-electron chi connectivity index (χ2n) is 4.74. The summed E-state index contributed by atoms with van der Waals surface area (Å²) in [4.78, 5) is 14.0. The second-order valence-corrected chi connectivity index (χ2v) is 4.74. The first-order chi connectivity index (χ1) is 7.63. The van der Waals surface area contributed by atoms with Crippen molar-refractivity contribution in [3.63, 3.8) is 0 Å². The van der Waals surface area contributed by atoms with Crippen LogP contribution in [0.15, 0.2) is 0 Å². The summed E-state index contributed by atoms with van der Waals surface area (Å²) in [7, 11) is 1.65. The van der Waals surface area contributed by atoms with Crippen LogP contribution < -0.4 is 5.32 Å². The second kappa shape index (κ2) is 6.86. The van der Waals surface area contributed by atoms with Gasteiger partial charge in [-0.05, 0) is 33.2 Å². The van der Waals surface area contributed by atoms with E-state index in [0.717, 1.165) is 6.54 Å². The van der Waals surface area contributed by atoms with Crippen molar-refractivity contribution in [2.75, 3.05) is 26.8 Å². The lowest BCUT2D eigenvalue weighted by Crippen LogP contribution is -2.46. The summed E-state index contributed by atoms with van der Waals surface area (Å²) in [5, 5.41) is 2.94. The number of nitrogens with zero attached hydrogens (tertiary/aromatic N) is 1. The van der Waals surface area contributed by atoms with E-state index in [1.165, 1.54) is 19.3 Å². The van der Waals surface area contributed by atoms with E-state index in [1.807, 2.05) is 6.92 Å². The minimum atomic E-state index is 0.0950. The molecule has 0 saturated carbocycles. The Bertz CT molecular complexity index is 221. The molecular weight excluding hydrogens is 204 g/mol. The number of rotatable bonds is 5. The Morgan fingerprint density at radius 1 is 1.56 bits per heavy atom. The summed E-state index contributed by atoms with van der Waals surface area (Å²) < 4.78 is 4.99. The number of hydrogen-bond donors (Lipinski definition) is 1. The van der Waals surface area contributed by atoms with E-state index < -0.39 is 0 Å². The summed E-state index contributed by atoms with van der Waals surface area (Å²) in [6.07, 6.45) is 3.71. The van der Waals surface area contributed by atoms with Crippen molar-refractivity contribution in [3.05, 3.63) is 0 Å². The maximum absolute atomic E-state index is 11.7. The summed E-state index contributed by atoms with van der Waals surface area (Å²) in [5.41, 5.74) is 0. The van der Waals surface area contributed by atoms with Crippen LogP contribution in [-0.4, -0.2) is 49.7 Å². The van der Waals surface area contributed by atoms with Crippen LogP contribution in [0, 0.1) is 0 Å². The third kappa shape index (κ3) is 4.49. The lowest BCUT2D eigenvalue weighted by atomic mass is 10.0. The Balaban J connectivity index is 2.27. The molecule has 0 spiro atoms. The summed E-state index contributed by atoms with van der Waals surface area (Å²) in [6, 6.07) is 0.634. The van der Waals surface area contributed by atoms with Gasteiger partial charge in [0.15, 0.2) is 0 Å². The Morgan fingerprint density at radius 2 is 2.31 bits per heavy atom. The molecule has 0 aromatic rings. The van der Waals surface area contributed by atoms with Crippen LogP contribution in [0.2, 0.25) is 0 Å². The van der Waals surface area contributed by atoms with E-state index in [0.29, 0.717) is 19.2 Å². The quantitative estimate of drug-likeness (QED) is 0.763. The topological polar surface area (TPSA) is 41.6 Å². The van der Waals surface area contributed by atoms with Gasteiger partial charge >= 0.3 is 0 Å². The number of carbonyl (C=O) groups excluding carboxylic acids is 1. The summed E-state index contributed by atoms with van der Waals surface area (Å²) in [5.74, 6) is 0.110.